The molecule has 0 aliphatic rings. The van der Waals surface area contributed by atoms with Crippen molar-refractivity contribution in [2.24, 2.45) is 5.73 Å². The molecule has 0 saturated carbocycles. The third-order valence-electron chi connectivity index (χ3n) is 4.85. The molecule has 0 amide bonds. The van der Waals surface area contributed by atoms with Gasteiger partial charge in [-0.2, -0.15) is 0 Å². The fraction of sp³-hybridized carbons (Fsp3) is 0.870. The van der Waals surface area contributed by atoms with Gasteiger partial charge >= 0.3 is 13.8 Å². The van der Waals surface area contributed by atoms with E-state index in [1.165, 1.54) is 44.9 Å². The zero-order chi connectivity index (χ0) is 27.0. The zero-order valence-corrected chi connectivity index (χ0v) is 22.1. The van der Waals surface area contributed by atoms with E-state index in [1.54, 1.807) is 0 Å². The van der Waals surface area contributed by atoms with Crippen LogP contribution in [-0.2, 0) is 13.9 Å². The Kier molecular flexibility index (Phi) is 24.4. The Bertz CT molecular complexity index is 566. The number of aliphatic hydroxyl groups is 4. The van der Waals surface area contributed by atoms with E-state index >= 15 is 0 Å². The summed E-state index contributed by atoms with van der Waals surface area (Å²) in [5.41, 5.74) is 5.08. The van der Waals surface area contributed by atoms with E-state index in [1.807, 2.05) is 0 Å². The lowest BCUT2D eigenvalue weighted by Gasteiger charge is -2.18. The van der Waals surface area contributed by atoms with E-state index in [9.17, 15) is 9.36 Å². The molecule has 0 aromatic carbocycles. The number of aliphatic hydroxyl groups excluding tert-OH is 1. The van der Waals surface area contributed by atoms with Crippen LogP contribution in [0.1, 0.15) is 103 Å². The number of phosphoric ester groups is 1. The first kappa shape index (κ1) is 36.3. The molecule has 11 nitrogen and oxygen atoms in total. The quantitative estimate of drug-likeness (QED) is 0.0470. The largest absolute Gasteiger partial charge is 0.526 e. The predicted molar refractivity (Wildman–Crippen MR) is 135 cm³/mol. The van der Waals surface area contributed by atoms with Crippen LogP contribution in [0, 0.1) is 0 Å². The van der Waals surface area contributed by atoms with E-state index in [0.717, 1.165) is 32.1 Å². The summed E-state index contributed by atoms with van der Waals surface area (Å²) in [6.07, 6.45) is 18.0. The highest BCUT2D eigenvalue weighted by Crippen LogP contribution is 2.36. The molecule has 0 saturated heterocycles. The second-order valence-electron chi connectivity index (χ2n) is 8.53. The van der Waals surface area contributed by atoms with Crippen molar-refractivity contribution in [3.05, 3.63) is 12.2 Å². The number of nitrogens with one attached hydrogen (secondary N) is 1. The molecule has 0 spiro atoms. The monoisotopic (exact) mass is 528 g/mol. The maximum absolute atomic E-state index is 11.1. The molecule has 0 aliphatic carbocycles. The normalized spacial score (nSPS) is 12.9. The molecule has 1 unspecified atom stereocenters. The Morgan fingerprint density at radius 3 is 1.89 bits per heavy atom. The molecule has 0 fully saturated rings. The number of hydrogen-bond acceptors (Lipinski definition) is 9. The van der Waals surface area contributed by atoms with Gasteiger partial charge in [0, 0.05) is 19.5 Å². The van der Waals surface area contributed by atoms with Gasteiger partial charge in [0.05, 0.1) is 6.42 Å². The average molecular weight is 529 g/mol. The van der Waals surface area contributed by atoms with Gasteiger partial charge in [0.2, 0.25) is 0 Å². The Balaban J connectivity index is 0. The molecule has 0 bridgehead atoms. The van der Waals surface area contributed by atoms with Gasteiger partial charge in [-0.05, 0) is 32.1 Å². The molecular formula is C23H49N2O9P. The second-order valence-corrected chi connectivity index (χ2v) is 9.69. The summed E-state index contributed by atoms with van der Waals surface area (Å²) >= 11 is 0. The number of carbonyl (C=O) groups excluding carboxylic acids is 1. The van der Waals surface area contributed by atoms with Gasteiger partial charge in [-0.1, -0.05) is 70.4 Å². The van der Waals surface area contributed by atoms with Crippen LogP contribution < -0.4 is 11.1 Å². The van der Waals surface area contributed by atoms with Crippen LogP contribution in [0.5, 0.6) is 0 Å². The minimum atomic E-state index is -4.67. The van der Waals surface area contributed by atoms with Crippen molar-refractivity contribution in [2.75, 3.05) is 13.1 Å². The number of phosphoric acid groups is 1. The Hall–Kier alpha value is -0.880. The van der Waals surface area contributed by atoms with Crippen LogP contribution in [-0.4, -0.2) is 61.5 Å². The van der Waals surface area contributed by atoms with Crippen LogP contribution in [0.4, 0.5) is 0 Å². The van der Waals surface area contributed by atoms with Gasteiger partial charge in [0.25, 0.3) is 5.97 Å². The summed E-state index contributed by atoms with van der Waals surface area (Å²) in [7, 11) is -4.67. The predicted octanol–water partition coefficient (Wildman–Crippen LogP) is 2.53. The summed E-state index contributed by atoms with van der Waals surface area (Å²) < 4.78 is 14.4. The molecule has 35 heavy (non-hydrogen) atoms. The highest BCUT2D eigenvalue weighted by atomic mass is 31.2. The van der Waals surface area contributed by atoms with E-state index in [4.69, 9.17) is 35.9 Å². The van der Waals surface area contributed by atoms with E-state index in [0.29, 0.717) is 19.5 Å². The smallest absolute Gasteiger partial charge is 0.378 e. The first-order valence-electron chi connectivity index (χ1n) is 12.6. The Labute approximate surface area is 210 Å². The number of hydrogen-bond donors (Lipinski definition) is 8. The molecule has 0 aromatic heterocycles. The molecule has 210 valence electrons. The van der Waals surface area contributed by atoms with Gasteiger partial charge in [-0.3, -0.25) is 19.9 Å². The van der Waals surface area contributed by atoms with Crippen molar-refractivity contribution in [1.82, 2.24) is 5.32 Å². The SMILES string of the molecule is CCCCCCCCC=CCCCCCCCC(=O)OP(=O)(O)O.NCCNC(O)CC(O)(O)O. The molecule has 9 N–H and O–H groups in total. The number of allylic oxidation sites excluding steroid dienone is 2. The van der Waals surface area contributed by atoms with Gasteiger partial charge in [0.15, 0.2) is 0 Å². The summed E-state index contributed by atoms with van der Waals surface area (Å²) in [6.45, 7) is 2.91. The third-order valence-corrected chi connectivity index (χ3v) is 5.30. The van der Waals surface area contributed by atoms with Gasteiger partial charge in [0.1, 0.15) is 6.23 Å². The van der Waals surface area contributed by atoms with E-state index in [2.05, 4.69) is 28.9 Å². The molecule has 1 atom stereocenters. The molecule has 12 heteroatoms. The van der Waals surface area contributed by atoms with Crippen molar-refractivity contribution in [3.8, 4) is 0 Å². The maximum Gasteiger partial charge on any atom is 0.526 e. The highest BCUT2D eigenvalue weighted by Gasteiger charge is 2.22. The fourth-order valence-electron chi connectivity index (χ4n) is 3.10. The van der Waals surface area contributed by atoms with Crippen molar-refractivity contribution < 1.29 is 44.1 Å². The lowest BCUT2D eigenvalue weighted by Crippen LogP contribution is -2.41. The van der Waals surface area contributed by atoms with Crippen molar-refractivity contribution in [1.29, 1.82) is 0 Å². The van der Waals surface area contributed by atoms with Gasteiger partial charge in [-0.15, -0.1) is 0 Å². The van der Waals surface area contributed by atoms with Crippen molar-refractivity contribution >= 4 is 13.8 Å². The number of unbranched alkanes of at least 4 members (excludes halogenated alkanes) is 11. The highest BCUT2D eigenvalue weighted by molar-refractivity contribution is 7.46. The summed E-state index contributed by atoms with van der Waals surface area (Å²) in [5, 5.41) is 36.4. The summed E-state index contributed by atoms with van der Waals surface area (Å²) in [5.74, 6) is -3.65. The fourth-order valence-corrected chi connectivity index (χ4v) is 3.46. The van der Waals surface area contributed by atoms with Gasteiger partial charge < -0.3 is 30.7 Å². The Morgan fingerprint density at radius 1 is 0.943 bits per heavy atom. The maximum atomic E-state index is 11.1. The molecule has 0 heterocycles. The van der Waals surface area contributed by atoms with Crippen LogP contribution in [0.25, 0.3) is 0 Å². The lowest BCUT2D eigenvalue weighted by molar-refractivity contribution is -0.323. The van der Waals surface area contributed by atoms with Crippen molar-refractivity contribution in [3.63, 3.8) is 0 Å². The minimum absolute atomic E-state index is 0.0727. The van der Waals surface area contributed by atoms with Crippen LogP contribution in [0.3, 0.4) is 0 Å². The number of carbonyl (C=O) groups is 1. The Morgan fingerprint density at radius 2 is 1.43 bits per heavy atom. The molecular weight excluding hydrogens is 479 g/mol. The third kappa shape index (κ3) is 35.4. The van der Waals surface area contributed by atoms with Crippen LogP contribution in [0.2, 0.25) is 0 Å². The lowest BCUT2D eigenvalue weighted by atomic mass is 10.1. The first-order valence-corrected chi connectivity index (χ1v) is 14.2. The zero-order valence-electron chi connectivity index (χ0n) is 21.2. The number of rotatable bonds is 21. The first-order chi connectivity index (χ1) is 16.4. The number of nitrogens with two attached hydrogens (primary N) is 1. The van der Waals surface area contributed by atoms with Crippen LogP contribution >= 0.6 is 7.82 Å². The van der Waals surface area contributed by atoms with E-state index < -0.39 is 32.4 Å². The van der Waals surface area contributed by atoms with Crippen LogP contribution in [0.15, 0.2) is 12.2 Å². The molecule has 0 rings (SSSR count). The topological polar surface area (TPSA) is 203 Å². The summed E-state index contributed by atoms with van der Waals surface area (Å²) in [4.78, 5) is 28.0. The standard InChI is InChI=1S/C18H35O5P.C5H14N2O4/c1-2-3-4-5-6-7-8-9-10-11-12-13-14-15-16-17-18(19)23-24(20,21)22;6-1-2-7-4(8)3-5(9,10)11/h9-10H,2-8,11-17H2,1H3,(H2,20,21,22);4,7-11H,1-3,6H2. The second kappa shape index (κ2) is 23.5. The average Bonchev–Trinajstić information content (AvgIpc) is 2.73. The van der Waals surface area contributed by atoms with Crippen molar-refractivity contribution in [2.45, 2.75) is 115 Å². The molecule has 0 aromatic rings. The van der Waals surface area contributed by atoms with E-state index in [-0.39, 0.29) is 6.42 Å². The summed E-state index contributed by atoms with van der Waals surface area (Å²) in [6, 6.07) is 0. The molecule has 0 aliphatic heterocycles. The minimum Gasteiger partial charge on any atom is -0.378 e. The van der Waals surface area contributed by atoms with Gasteiger partial charge in [-0.25, -0.2) is 4.57 Å². The molecule has 0 radical (unpaired) electrons.